The summed E-state index contributed by atoms with van der Waals surface area (Å²) < 4.78 is 7.99. The van der Waals surface area contributed by atoms with Crippen molar-refractivity contribution in [3.8, 4) is 17.0 Å². The van der Waals surface area contributed by atoms with Crippen molar-refractivity contribution in [2.45, 2.75) is 38.8 Å². The molecular formula is C22H26BrN5O3. The number of benzene rings is 1. The number of methoxy groups -OCH3 is 1. The first-order valence-electron chi connectivity index (χ1n) is 10.4. The highest BCUT2D eigenvalue weighted by Gasteiger charge is 2.25. The summed E-state index contributed by atoms with van der Waals surface area (Å²) >= 11 is 3.51. The molecule has 0 bridgehead atoms. The number of nitrogens with one attached hydrogen (secondary N) is 1. The van der Waals surface area contributed by atoms with Gasteiger partial charge in [0.1, 0.15) is 11.6 Å². The molecule has 9 heteroatoms. The number of carbonyl (C=O) groups is 1. The number of hydrogen-bond acceptors (Lipinski definition) is 6. The summed E-state index contributed by atoms with van der Waals surface area (Å²) in [6, 6.07) is 5.82. The number of imidazole rings is 1. The van der Waals surface area contributed by atoms with E-state index in [-0.39, 0.29) is 18.6 Å². The first-order chi connectivity index (χ1) is 15.0. The maximum atomic E-state index is 11.9. The number of nitrogens with zero attached hydrogens (tertiary/aromatic N) is 4. The fraction of sp³-hybridized carbons (Fsp3) is 0.409. The van der Waals surface area contributed by atoms with E-state index in [1.54, 1.807) is 13.2 Å². The maximum absolute atomic E-state index is 11.9. The van der Waals surface area contributed by atoms with Gasteiger partial charge >= 0.3 is 0 Å². The number of rotatable bonds is 7. The van der Waals surface area contributed by atoms with Gasteiger partial charge in [0, 0.05) is 43.5 Å². The molecule has 1 amide bonds. The summed E-state index contributed by atoms with van der Waals surface area (Å²) in [5.41, 5.74) is 2.28. The Labute approximate surface area is 189 Å². The second-order valence-corrected chi connectivity index (χ2v) is 8.52. The minimum Gasteiger partial charge on any atom is -0.496 e. The molecule has 3 heterocycles. The average Bonchev–Trinajstić information content (AvgIpc) is 3.40. The Balaban J connectivity index is 1.57. The van der Waals surface area contributed by atoms with E-state index in [4.69, 9.17) is 14.7 Å². The number of carbonyl (C=O) groups excluding carboxylic acids is 1. The van der Waals surface area contributed by atoms with E-state index >= 15 is 0 Å². The van der Waals surface area contributed by atoms with Crippen LogP contribution in [0.1, 0.15) is 31.7 Å². The van der Waals surface area contributed by atoms with Crippen molar-refractivity contribution in [3.05, 3.63) is 40.6 Å². The summed E-state index contributed by atoms with van der Waals surface area (Å²) in [4.78, 5) is 23.5. The SMILES string of the molecule is CCCC(=O)NC1CCN(c2ccn3cc(-c4cc(Br)c(OC)cc4CO)nc3n2)C1. The van der Waals surface area contributed by atoms with Crippen molar-refractivity contribution in [2.24, 2.45) is 0 Å². The molecular weight excluding hydrogens is 462 g/mol. The third kappa shape index (κ3) is 4.52. The summed E-state index contributed by atoms with van der Waals surface area (Å²) in [6.45, 7) is 3.47. The van der Waals surface area contributed by atoms with Gasteiger partial charge in [0.15, 0.2) is 0 Å². The number of amides is 1. The number of fused-ring (bicyclic) bond motifs is 1. The van der Waals surface area contributed by atoms with Gasteiger partial charge in [0.05, 0.1) is 23.9 Å². The first kappa shape index (κ1) is 21.6. The zero-order chi connectivity index (χ0) is 22.0. The highest BCUT2D eigenvalue weighted by Crippen LogP contribution is 2.34. The van der Waals surface area contributed by atoms with E-state index in [2.05, 4.69) is 26.1 Å². The molecule has 3 aromatic rings. The van der Waals surface area contributed by atoms with Crippen LogP contribution in [0, 0.1) is 0 Å². The van der Waals surface area contributed by atoms with E-state index in [1.807, 2.05) is 35.9 Å². The van der Waals surface area contributed by atoms with Crippen LogP contribution in [0.25, 0.3) is 17.0 Å². The second-order valence-electron chi connectivity index (χ2n) is 7.67. The van der Waals surface area contributed by atoms with Gasteiger partial charge in [-0.15, -0.1) is 0 Å². The Morgan fingerprint density at radius 3 is 2.97 bits per heavy atom. The Morgan fingerprint density at radius 2 is 2.23 bits per heavy atom. The molecule has 0 saturated carbocycles. The van der Waals surface area contributed by atoms with Crippen molar-refractivity contribution >= 4 is 33.4 Å². The fourth-order valence-electron chi connectivity index (χ4n) is 3.90. The van der Waals surface area contributed by atoms with Crippen LogP contribution in [-0.2, 0) is 11.4 Å². The highest BCUT2D eigenvalue weighted by molar-refractivity contribution is 9.10. The number of halogens is 1. The van der Waals surface area contributed by atoms with Crippen molar-refractivity contribution in [2.75, 3.05) is 25.1 Å². The van der Waals surface area contributed by atoms with Gasteiger partial charge in [0.2, 0.25) is 11.7 Å². The van der Waals surface area contributed by atoms with Crippen LogP contribution in [0.15, 0.2) is 35.1 Å². The maximum Gasteiger partial charge on any atom is 0.236 e. The van der Waals surface area contributed by atoms with Crippen molar-refractivity contribution in [1.29, 1.82) is 0 Å². The fourth-order valence-corrected chi connectivity index (χ4v) is 4.41. The molecule has 2 aromatic heterocycles. The molecule has 164 valence electrons. The lowest BCUT2D eigenvalue weighted by Gasteiger charge is -2.17. The van der Waals surface area contributed by atoms with Crippen molar-refractivity contribution < 1.29 is 14.6 Å². The molecule has 2 N–H and O–H groups in total. The van der Waals surface area contributed by atoms with E-state index < -0.39 is 0 Å². The van der Waals surface area contributed by atoms with Gasteiger partial charge in [-0.1, -0.05) is 6.92 Å². The highest BCUT2D eigenvalue weighted by atomic mass is 79.9. The molecule has 0 aliphatic carbocycles. The van der Waals surface area contributed by atoms with E-state index in [9.17, 15) is 9.90 Å². The Bertz CT molecular complexity index is 1100. The summed E-state index contributed by atoms with van der Waals surface area (Å²) in [7, 11) is 1.59. The van der Waals surface area contributed by atoms with Crippen LogP contribution in [0.4, 0.5) is 5.82 Å². The van der Waals surface area contributed by atoms with Crippen LogP contribution in [-0.4, -0.2) is 51.6 Å². The Hall–Kier alpha value is -2.65. The third-order valence-electron chi connectivity index (χ3n) is 5.49. The van der Waals surface area contributed by atoms with E-state index in [1.165, 1.54) is 0 Å². The van der Waals surface area contributed by atoms with Gasteiger partial charge in [-0.3, -0.25) is 9.20 Å². The molecule has 8 nitrogen and oxygen atoms in total. The molecule has 1 unspecified atom stereocenters. The van der Waals surface area contributed by atoms with Crippen LogP contribution in [0.5, 0.6) is 5.75 Å². The van der Waals surface area contributed by atoms with Crippen molar-refractivity contribution in [3.63, 3.8) is 0 Å². The molecule has 1 atom stereocenters. The number of aliphatic hydroxyl groups is 1. The molecule has 0 radical (unpaired) electrons. The molecule has 1 fully saturated rings. The Kier molecular flexibility index (Phi) is 6.43. The lowest BCUT2D eigenvalue weighted by atomic mass is 10.1. The van der Waals surface area contributed by atoms with Gasteiger partial charge in [-0.05, 0) is 52.5 Å². The lowest BCUT2D eigenvalue weighted by Crippen LogP contribution is -2.37. The van der Waals surface area contributed by atoms with Crippen LogP contribution < -0.4 is 15.0 Å². The quantitative estimate of drug-likeness (QED) is 0.531. The summed E-state index contributed by atoms with van der Waals surface area (Å²) in [6.07, 6.45) is 6.16. The van der Waals surface area contributed by atoms with E-state index in [0.717, 1.165) is 53.0 Å². The van der Waals surface area contributed by atoms with Crippen molar-refractivity contribution in [1.82, 2.24) is 19.7 Å². The normalized spacial score (nSPS) is 16.1. The molecule has 1 saturated heterocycles. The number of hydrogen-bond donors (Lipinski definition) is 2. The predicted octanol–water partition coefficient (Wildman–Crippen LogP) is 3.15. The average molecular weight is 488 g/mol. The first-order valence-corrected chi connectivity index (χ1v) is 11.2. The monoisotopic (exact) mass is 487 g/mol. The molecule has 31 heavy (non-hydrogen) atoms. The van der Waals surface area contributed by atoms with E-state index in [0.29, 0.717) is 17.9 Å². The minimum atomic E-state index is -0.121. The largest absolute Gasteiger partial charge is 0.496 e. The van der Waals surface area contributed by atoms with Crippen LogP contribution >= 0.6 is 15.9 Å². The minimum absolute atomic E-state index is 0.112. The summed E-state index contributed by atoms with van der Waals surface area (Å²) in [5, 5.41) is 12.9. The predicted molar refractivity (Wildman–Crippen MR) is 122 cm³/mol. The van der Waals surface area contributed by atoms with Gasteiger partial charge in [-0.2, -0.15) is 4.98 Å². The molecule has 1 aliphatic rings. The third-order valence-corrected chi connectivity index (χ3v) is 6.11. The smallest absolute Gasteiger partial charge is 0.236 e. The molecule has 4 rings (SSSR count). The van der Waals surface area contributed by atoms with Crippen LogP contribution in [0.3, 0.4) is 0 Å². The zero-order valence-corrected chi connectivity index (χ0v) is 19.2. The standard InChI is InChI=1S/C22H26BrN5O3/c1-3-4-21(30)24-15-5-7-27(11-15)20-6-8-28-12-18(25-22(28)26-20)16-10-17(23)19(31-2)9-14(16)13-29/h6,8-10,12,15,29H,3-5,7,11,13H2,1-2H3,(H,24,30). The molecule has 1 aromatic carbocycles. The summed E-state index contributed by atoms with van der Waals surface area (Å²) in [5.74, 6) is 2.20. The topological polar surface area (TPSA) is 92.0 Å². The second kappa shape index (κ2) is 9.23. The zero-order valence-electron chi connectivity index (χ0n) is 17.6. The number of ether oxygens (including phenoxy) is 1. The Morgan fingerprint density at radius 1 is 1.39 bits per heavy atom. The lowest BCUT2D eigenvalue weighted by molar-refractivity contribution is -0.121. The van der Waals surface area contributed by atoms with Crippen LogP contribution in [0.2, 0.25) is 0 Å². The molecule has 0 spiro atoms. The van der Waals surface area contributed by atoms with Gasteiger partial charge < -0.3 is 20.1 Å². The molecule has 1 aliphatic heterocycles. The number of aromatic nitrogens is 3. The number of anilines is 1. The van der Waals surface area contributed by atoms with Gasteiger partial charge in [0.25, 0.3) is 0 Å². The van der Waals surface area contributed by atoms with Gasteiger partial charge in [-0.25, -0.2) is 4.98 Å². The number of aliphatic hydroxyl groups excluding tert-OH is 1.